The van der Waals surface area contributed by atoms with Crippen molar-refractivity contribution in [3.8, 4) is 0 Å². The normalized spacial score (nSPS) is 20.3. The van der Waals surface area contributed by atoms with E-state index in [0.29, 0.717) is 22.8 Å². The van der Waals surface area contributed by atoms with Crippen molar-refractivity contribution in [2.24, 2.45) is 0 Å². The zero-order chi connectivity index (χ0) is 33.5. The fourth-order valence-corrected chi connectivity index (χ4v) is 7.99. The molecule has 2 saturated heterocycles. The van der Waals surface area contributed by atoms with Gasteiger partial charge in [0, 0.05) is 15.4 Å². The molecule has 2 fully saturated rings. The van der Waals surface area contributed by atoms with Crippen LogP contribution in [0.25, 0.3) is 0 Å². The molecule has 2 aliphatic heterocycles. The van der Waals surface area contributed by atoms with Gasteiger partial charge >= 0.3 is 0 Å². The second-order valence-corrected chi connectivity index (χ2v) is 14.2. The summed E-state index contributed by atoms with van der Waals surface area (Å²) in [4.78, 5) is 61.0. The minimum Gasteiger partial charge on any atom is -0.345 e. The molecular formula is C34H27BrClN3O6S2. The molecule has 2 N–H and O–H groups in total. The summed E-state index contributed by atoms with van der Waals surface area (Å²) >= 11 is 11.7. The number of thioether (sulfide) groups is 2. The number of rotatable bonds is 9. The molecule has 4 aromatic carbocycles. The number of carbonyl (C=O) groups excluding carboxylic acids is 4. The van der Waals surface area contributed by atoms with Gasteiger partial charge in [0.25, 0.3) is 5.69 Å². The lowest BCUT2D eigenvalue weighted by Gasteiger charge is -2.09. The highest BCUT2D eigenvalue weighted by Gasteiger charge is 2.43. The highest BCUT2D eigenvalue weighted by Crippen LogP contribution is 2.36. The molecule has 0 aliphatic carbocycles. The second-order valence-electron chi connectivity index (χ2n) is 10.6. The fourth-order valence-electron chi connectivity index (χ4n) is 5.02. The van der Waals surface area contributed by atoms with Crippen molar-refractivity contribution >= 4 is 80.1 Å². The molecule has 0 bridgehead atoms. The summed E-state index contributed by atoms with van der Waals surface area (Å²) < 4.78 is 0.857. The monoisotopic (exact) mass is 751 g/mol. The second kappa shape index (κ2) is 15.7. The Bertz CT molecular complexity index is 1810. The van der Waals surface area contributed by atoms with E-state index in [0.717, 1.165) is 32.3 Å². The van der Waals surface area contributed by atoms with Gasteiger partial charge in [0.15, 0.2) is 11.6 Å². The van der Waals surface area contributed by atoms with Crippen molar-refractivity contribution in [3.63, 3.8) is 0 Å². The van der Waals surface area contributed by atoms with Crippen molar-refractivity contribution in [1.82, 2.24) is 10.6 Å². The maximum atomic E-state index is 12.6. The van der Waals surface area contributed by atoms with E-state index in [1.165, 1.54) is 17.8 Å². The first-order valence-corrected chi connectivity index (χ1v) is 17.3. The lowest BCUT2D eigenvalue weighted by atomic mass is 10.0. The minimum absolute atomic E-state index is 0.0973. The smallest absolute Gasteiger partial charge is 0.282 e. The molecule has 47 heavy (non-hydrogen) atoms. The first-order chi connectivity index (χ1) is 22.6. The van der Waals surface area contributed by atoms with Gasteiger partial charge in [0.2, 0.25) is 11.8 Å². The Kier molecular flexibility index (Phi) is 11.5. The van der Waals surface area contributed by atoms with E-state index in [2.05, 4.69) is 26.6 Å². The molecule has 4 atom stereocenters. The Hall–Kier alpha value is -3.97. The summed E-state index contributed by atoms with van der Waals surface area (Å²) in [7, 11) is 0. The lowest BCUT2D eigenvalue weighted by molar-refractivity contribution is -0.387. The molecule has 9 nitrogen and oxygen atoms in total. The van der Waals surface area contributed by atoms with Crippen LogP contribution in [0.3, 0.4) is 0 Å². The number of hydrogen-bond donors (Lipinski definition) is 2. The van der Waals surface area contributed by atoms with Gasteiger partial charge in [-0.15, -0.1) is 11.8 Å². The van der Waals surface area contributed by atoms with Gasteiger partial charge in [0.1, 0.15) is 10.5 Å². The van der Waals surface area contributed by atoms with E-state index >= 15 is 0 Å². The van der Waals surface area contributed by atoms with Gasteiger partial charge in [-0.2, -0.15) is 0 Å². The number of para-hydroxylation sites is 1. The van der Waals surface area contributed by atoms with Crippen LogP contribution in [0.1, 0.15) is 11.1 Å². The predicted octanol–water partition coefficient (Wildman–Crippen LogP) is 6.24. The van der Waals surface area contributed by atoms with Crippen molar-refractivity contribution < 1.29 is 24.1 Å². The van der Waals surface area contributed by atoms with Crippen LogP contribution in [-0.4, -0.2) is 50.9 Å². The number of halogens is 2. The number of ketones is 2. The number of benzene rings is 4. The third-order valence-electron chi connectivity index (χ3n) is 7.32. The number of nitro benzene ring substituents is 1. The molecule has 240 valence electrons. The Morgan fingerprint density at radius 1 is 0.681 bits per heavy atom. The Morgan fingerprint density at radius 2 is 1.15 bits per heavy atom. The number of carbonyl (C=O) groups is 4. The number of nitrogens with one attached hydrogen (secondary N) is 2. The maximum absolute atomic E-state index is 12.6. The van der Waals surface area contributed by atoms with E-state index in [1.807, 2.05) is 72.8 Å². The molecular weight excluding hydrogens is 726 g/mol. The minimum atomic E-state index is -0.959. The van der Waals surface area contributed by atoms with Crippen LogP contribution >= 0.6 is 51.1 Å². The first-order valence-electron chi connectivity index (χ1n) is 14.4. The van der Waals surface area contributed by atoms with Crippen LogP contribution in [-0.2, 0) is 32.0 Å². The lowest BCUT2D eigenvalue weighted by Crippen LogP contribution is -2.31. The summed E-state index contributed by atoms with van der Waals surface area (Å²) in [6.07, 6.45) is 0.925. The zero-order valence-electron chi connectivity index (χ0n) is 24.5. The molecule has 13 heteroatoms. The summed E-state index contributed by atoms with van der Waals surface area (Å²) in [6, 6.07) is 29.5. The molecule has 0 spiro atoms. The summed E-state index contributed by atoms with van der Waals surface area (Å²) in [6.45, 7) is 0. The van der Waals surface area contributed by atoms with Crippen LogP contribution in [0, 0.1) is 10.1 Å². The predicted molar refractivity (Wildman–Crippen MR) is 186 cm³/mol. The molecule has 2 amide bonds. The van der Waals surface area contributed by atoms with Crippen LogP contribution in [0.2, 0.25) is 5.02 Å². The van der Waals surface area contributed by atoms with E-state index in [9.17, 15) is 29.3 Å². The molecule has 0 aromatic heterocycles. The summed E-state index contributed by atoms with van der Waals surface area (Å²) in [5.74, 6) is -0.993. The van der Waals surface area contributed by atoms with Crippen LogP contribution in [0.15, 0.2) is 117 Å². The average Bonchev–Trinajstić information content (AvgIpc) is 3.48. The highest BCUT2D eigenvalue weighted by molar-refractivity contribution is 9.10. The Labute approximate surface area is 292 Å². The molecule has 2 aliphatic rings. The van der Waals surface area contributed by atoms with E-state index in [-0.39, 0.29) is 23.2 Å². The zero-order valence-corrected chi connectivity index (χ0v) is 28.5. The number of Topliss-reactive ketones (excluding diaryl/α,β-unsaturated/α-hetero) is 2. The topological polar surface area (TPSA) is 135 Å². The van der Waals surface area contributed by atoms with Gasteiger partial charge in [0.05, 0.1) is 26.9 Å². The summed E-state index contributed by atoms with van der Waals surface area (Å²) in [5.41, 5.74) is 1.87. The van der Waals surface area contributed by atoms with Gasteiger partial charge in [-0.3, -0.25) is 29.3 Å². The van der Waals surface area contributed by atoms with Gasteiger partial charge in [-0.05, 0) is 48.2 Å². The van der Waals surface area contributed by atoms with E-state index < -0.39 is 33.4 Å². The van der Waals surface area contributed by atoms with Crippen molar-refractivity contribution in [1.29, 1.82) is 0 Å². The molecule has 4 unspecified atom stereocenters. The standard InChI is InChI=1S/C17H13BrClNO2S.C17H14N2O4S/c18-11-6-7-12(19)14(9-11)23-16-15(21)13(20-17(16)22)8-10-4-2-1-3-5-10;20-15-12(10-11-6-2-1-3-7-11)18-17(21)16(15)24-14-9-5-4-8-13(14)19(22)23/h1-7,9,13,16H,8H2,(H,20,22);1-9,12,16H,10H2,(H,18,21). The average molecular weight is 753 g/mol. The van der Waals surface area contributed by atoms with Crippen molar-refractivity contribution in [2.45, 2.75) is 45.2 Å². The molecule has 0 saturated carbocycles. The Morgan fingerprint density at radius 3 is 1.66 bits per heavy atom. The number of amides is 2. The fraction of sp³-hybridized carbons (Fsp3) is 0.176. The number of nitrogens with zero attached hydrogens (tertiary/aromatic N) is 1. The third-order valence-corrected chi connectivity index (χ3v) is 10.8. The maximum Gasteiger partial charge on any atom is 0.282 e. The van der Waals surface area contributed by atoms with E-state index in [4.69, 9.17) is 11.6 Å². The highest BCUT2D eigenvalue weighted by atomic mass is 79.9. The van der Waals surface area contributed by atoms with Gasteiger partial charge in [-0.1, -0.05) is 112 Å². The molecule has 2 heterocycles. The molecule has 0 radical (unpaired) electrons. The largest absolute Gasteiger partial charge is 0.345 e. The Balaban J connectivity index is 0.000000185. The number of nitro groups is 1. The van der Waals surface area contributed by atoms with Crippen molar-refractivity contribution in [3.05, 3.63) is 134 Å². The quantitative estimate of drug-likeness (QED) is 0.117. The molecule has 4 aromatic rings. The van der Waals surface area contributed by atoms with Crippen LogP contribution in [0.5, 0.6) is 0 Å². The SMILES string of the molecule is O=C1NC(Cc2ccccc2)C(=O)C1Sc1cc(Br)ccc1Cl.O=C1NC(Cc2ccccc2)C(=O)C1Sc1ccccc1[N+](=O)[O-]. The van der Waals surface area contributed by atoms with Crippen molar-refractivity contribution in [2.75, 3.05) is 0 Å². The third kappa shape index (κ3) is 8.69. The number of hydrogen-bond acceptors (Lipinski definition) is 8. The van der Waals surface area contributed by atoms with E-state index in [1.54, 1.807) is 24.3 Å². The van der Waals surface area contributed by atoms with Gasteiger partial charge < -0.3 is 10.6 Å². The summed E-state index contributed by atoms with van der Waals surface area (Å²) in [5, 5.41) is 15.4. The first kappa shape index (κ1) is 34.4. The van der Waals surface area contributed by atoms with Crippen LogP contribution < -0.4 is 10.6 Å². The molecule has 6 rings (SSSR count). The van der Waals surface area contributed by atoms with Gasteiger partial charge in [-0.25, -0.2) is 0 Å². The van der Waals surface area contributed by atoms with Crippen LogP contribution in [0.4, 0.5) is 5.69 Å².